The number of aromatic nitrogens is 2. The molecule has 2 heterocycles. The quantitative estimate of drug-likeness (QED) is 0.0557. The first-order chi connectivity index (χ1) is 25.2. The number of unbranched alkanes of at least 4 members (excludes halogenated alkanes) is 2. The van der Waals surface area contributed by atoms with Gasteiger partial charge in [0.2, 0.25) is 0 Å². The van der Waals surface area contributed by atoms with Gasteiger partial charge in [0, 0.05) is 36.6 Å². The van der Waals surface area contributed by atoms with Crippen LogP contribution >= 0.6 is 0 Å². The summed E-state index contributed by atoms with van der Waals surface area (Å²) in [5, 5.41) is 3.18. The molecule has 10 heteroatoms. The monoisotopic (exact) mass is 702 g/mol. The van der Waals surface area contributed by atoms with Crippen LogP contribution < -0.4 is 11.5 Å². The summed E-state index contributed by atoms with van der Waals surface area (Å²) < 4.78 is 0. The molecule has 0 radical (unpaired) electrons. The lowest BCUT2D eigenvalue weighted by Gasteiger charge is -2.19. The molecule has 4 rings (SSSR count). The molecular weight excluding hydrogens is 652 g/mol. The zero-order valence-electron chi connectivity index (χ0n) is 30.2. The minimum Gasteiger partial charge on any atom is -0.384 e. The van der Waals surface area contributed by atoms with Crippen LogP contribution in [0.3, 0.4) is 0 Å². The molecule has 0 aliphatic rings. The molecule has 0 aliphatic heterocycles. The molecule has 0 saturated heterocycles. The van der Waals surface area contributed by atoms with E-state index in [0.717, 1.165) is 84.3 Å². The number of carbonyl (C=O) groups is 2. The number of hydroxylamine groups is 4. The molecular formula is C42H50N6O4. The molecule has 10 nitrogen and oxygen atoms in total. The van der Waals surface area contributed by atoms with Crippen molar-refractivity contribution in [2.75, 3.05) is 37.6 Å². The summed E-state index contributed by atoms with van der Waals surface area (Å²) in [4.78, 5) is 45.9. The smallest absolute Gasteiger partial charge is 0.349 e. The molecule has 0 bridgehead atoms. The number of nitrogen functional groups attached to an aromatic ring is 2. The van der Waals surface area contributed by atoms with E-state index in [2.05, 4.69) is 9.97 Å². The first-order valence-corrected chi connectivity index (χ1v) is 17.7. The molecule has 0 saturated carbocycles. The van der Waals surface area contributed by atoms with Gasteiger partial charge in [0.25, 0.3) is 0 Å². The molecule has 0 unspecified atom stereocenters. The minimum absolute atomic E-state index is 0.376. The SMILES string of the molecule is Cc1cc(N)nc(CCCCN(C/C=C/c2ccccc2)OC(=O)/C=C/C(=O)ON(C/C=C/c2ccccc2)CCCCc2cc(C)cc(N)n2)c1. The molecule has 2 aromatic heterocycles. The van der Waals surface area contributed by atoms with E-state index >= 15 is 0 Å². The highest BCUT2D eigenvalue weighted by Crippen LogP contribution is 2.12. The van der Waals surface area contributed by atoms with Gasteiger partial charge in [0.05, 0.1) is 13.1 Å². The van der Waals surface area contributed by atoms with E-state index in [1.165, 1.54) is 0 Å². The topological polar surface area (TPSA) is 137 Å². The Morgan fingerprint density at radius 3 is 1.40 bits per heavy atom. The van der Waals surface area contributed by atoms with Crippen LogP contribution in [0.25, 0.3) is 12.2 Å². The third-order valence-corrected chi connectivity index (χ3v) is 7.90. The Morgan fingerprint density at radius 1 is 0.615 bits per heavy atom. The van der Waals surface area contributed by atoms with Crippen molar-refractivity contribution in [3.8, 4) is 0 Å². The molecule has 4 N–H and O–H groups in total. The van der Waals surface area contributed by atoms with Crippen molar-refractivity contribution in [2.24, 2.45) is 0 Å². The highest BCUT2D eigenvalue weighted by atomic mass is 16.7. The Labute approximate surface area is 307 Å². The van der Waals surface area contributed by atoms with Crippen LogP contribution in [0, 0.1) is 13.8 Å². The number of carbonyl (C=O) groups excluding carboxylic acids is 2. The lowest BCUT2D eigenvalue weighted by atomic mass is 10.1. The van der Waals surface area contributed by atoms with Crippen LogP contribution in [0.1, 0.15) is 59.3 Å². The fraction of sp³-hybridized carbons (Fsp3) is 0.286. The number of benzene rings is 2. The van der Waals surface area contributed by atoms with E-state index in [1.54, 1.807) is 10.1 Å². The largest absolute Gasteiger partial charge is 0.384 e. The number of pyridine rings is 2. The third-order valence-electron chi connectivity index (χ3n) is 7.90. The van der Waals surface area contributed by atoms with Gasteiger partial charge in [-0.2, -0.15) is 0 Å². The number of rotatable bonds is 20. The van der Waals surface area contributed by atoms with Crippen molar-refractivity contribution in [2.45, 2.75) is 52.4 Å². The number of hydrogen-bond donors (Lipinski definition) is 2. The van der Waals surface area contributed by atoms with Crippen molar-refractivity contribution in [3.05, 3.63) is 143 Å². The van der Waals surface area contributed by atoms with Gasteiger partial charge in [-0.3, -0.25) is 0 Å². The van der Waals surface area contributed by atoms with Crippen molar-refractivity contribution >= 4 is 35.7 Å². The predicted molar refractivity (Wildman–Crippen MR) is 208 cm³/mol. The molecule has 0 aliphatic carbocycles. The minimum atomic E-state index is -0.668. The van der Waals surface area contributed by atoms with E-state index in [9.17, 15) is 9.59 Å². The normalized spacial score (nSPS) is 11.7. The van der Waals surface area contributed by atoms with Gasteiger partial charge in [-0.25, -0.2) is 19.6 Å². The van der Waals surface area contributed by atoms with E-state index < -0.39 is 11.9 Å². The maximum absolute atomic E-state index is 12.9. The average Bonchev–Trinajstić information content (AvgIpc) is 3.11. The average molecular weight is 703 g/mol. The van der Waals surface area contributed by atoms with Crippen LogP contribution in [-0.2, 0) is 32.1 Å². The van der Waals surface area contributed by atoms with Gasteiger partial charge < -0.3 is 21.1 Å². The van der Waals surface area contributed by atoms with Crippen LogP contribution in [0.15, 0.2) is 109 Å². The Kier molecular flexibility index (Phi) is 16.3. The first kappa shape index (κ1) is 39.2. The summed E-state index contributed by atoms with van der Waals surface area (Å²) >= 11 is 0. The number of aryl methyl sites for hydroxylation is 4. The number of anilines is 2. The lowest BCUT2D eigenvalue weighted by molar-refractivity contribution is -0.184. The van der Waals surface area contributed by atoms with Crippen molar-refractivity contribution < 1.29 is 19.3 Å². The van der Waals surface area contributed by atoms with Crippen LogP contribution in [-0.4, -0.2) is 58.2 Å². The van der Waals surface area contributed by atoms with Gasteiger partial charge in [-0.1, -0.05) is 85.0 Å². The second kappa shape index (κ2) is 21.6. The summed E-state index contributed by atoms with van der Waals surface area (Å²) in [6.45, 7) is 5.73. The summed E-state index contributed by atoms with van der Waals surface area (Å²) in [6.07, 6.45) is 14.7. The standard InChI is InChI=1S/C42H50N6O4/c1-33-29-37(45-39(43)31-33)21-9-11-25-47(27-13-19-35-15-5-3-6-16-35)51-41(49)23-24-42(50)52-48(28-14-20-36-17-7-4-8-18-36)26-12-10-22-38-30-34(2)32-40(44)46-38/h3-8,13-20,23-24,29-32H,9-12,21-22,25-28H2,1-2H3,(H2,43,45)(H2,44,46)/b19-13+,20-14+,24-23+. The number of nitrogens with zero attached hydrogens (tertiary/aromatic N) is 4. The summed E-state index contributed by atoms with van der Waals surface area (Å²) in [6, 6.07) is 27.5. The van der Waals surface area contributed by atoms with Gasteiger partial charge in [0.15, 0.2) is 0 Å². The first-order valence-electron chi connectivity index (χ1n) is 17.7. The number of hydrogen-bond acceptors (Lipinski definition) is 10. The zero-order chi connectivity index (χ0) is 37.0. The lowest BCUT2D eigenvalue weighted by Crippen LogP contribution is -2.29. The molecule has 0 atom stereocenters. The molecule has 2 aromatic carbocycles. The molecule has 52 heavy (non-hydrogen) atoms. The van der Waals surface area contributed by atoms with E-state index in [1.807, 2.05) is 123 Å². The Balaban J connectivity index is 1.31. The van der Waals surface area contributed by atoms with Crippen molar-refractivity contribution in [3.63, 3.8) is 0 Å². The maximum Gasteiger partial charge on any atom is 0.349 e. The fourth-order valence-corrected chi connectivity index (χ4v) is 5.52. The molecule has 0 amide bonds. The summed E-state index contributed by atoms with van der Waals surface area (Å²) in [5.41, 5.74) is 17.9. The van der Waals surface area contributed by atoms with Gasteiger partial charge in [0.1, 0.15) is 11.6 Å². The van der Waals surface area contributed by atoms with E-state index in [4.69, 9.17) is 21.1 Å². The fourth-order valence-electron chi connectivity index (χ4n) is 5.52. The van der Waals surface area contributed by atoms with Gasteiger partial charge in [-0.15, -0.1) is 10.1 Å². The van der Waals surface area contributed by atoms with Crippen LogP contribution in [0.4, 0.5) is 11.6 Å². The highest BCUT2D eigenvalue weighted by molar-refractivity contribution is 5.91. The van der Waals surface area contributed by atoms with Crippen LogP contribution in [0.2, 0.25) is 0 Å². The highest BCUT2D eigenvalue weighted by Gasteiger charge is 2.12. The molecule has 272 valence electrons. The second-order valence-electron chi connectivity index (χ2n) is 12.6. The van der Waals surface area contributed by atoms with Crippen LogP contribution in [0.5, 0.6) is 0 Å². The predicted octanol–water partition coefficient (Wildman–Crippen LogP) is 7.11. The number of nitrogens with two attached hydrogens (primary N) is 2. The molecule has 0 fully saturated rings. The summed E-state index contributed by atoms with van der Waals surface area (Å²) in [5.74, 6) is -0.317. The van der Waals surface area contributed by atoms with Gasteiger partial charge >= 0.3 is 11.9 Å². The Bertz CT molecular complexity index is 1620. The van der Waals surface area contributed by atoms with E-state index in [-0.39, 0.29) is 0 Å². The third kappa shape index (κ3) is 15.5. The van der Waals surface area contributed by atoms with Crippen molar-refractivity contribution in [1.29, 1.82) is 0 Å². The zero-order valence-corrected chi connectivity index (χ0v) is 30.2. The summed E-state index contributed by atoms with van der Waals surface area (Å²) in [7, 11) is 0. The molecule has 0 spiro atoms. The Hall–Kier alpha value is -5.58. The van der Waals surface area contributed by atoms with E-state index in [0.29, 0.717) is 37.8 Å². The van der Waals surface area contributed by atoms with Crippen molar-refractivity contribution in [1.82, 2.24) is 20.1 Å². The Morgan fingerprint density at radius 2 is 1.02 bits per heavy atom. The maximum atomic E-state index is 12.9. The molecule has 4 aromatic rings. The van der Waals surface area contributed by atoms with Gasteiger partial charge in [-0.05, 0) is 98.9 Å². The second-order valence-corrected chi connectivity index (χ2v) is 12.6.